The van der Waals surface area contributed by atoms with E-state index in [0.29, 0.717) is 16.6 Å². The molecule has 4 nitrogen and oxygen atoms in total. The van der Waals surface area contributed by atoms with E-state index >= 15 is 0 Å². The molecule has 0 radical (unpaired) electrons. The zero-order chi connectivity index (χ0) is 16.9. The highest BCUT2D eigenvalue weighted by atomic mass is 28.5. The van der Waals surface area contributed by atoms with E-state index < -0.39 is 27.1 Å². The first kappa shape index (κ1) is 20.5. The first-order valence-corrected chi connectivity index (χ1v) is 14.1. The first-order chi connectivity index (χ1) is 10.2. The molecule has 1 aliphatic heterocycles. The van der Waals surface area contributed by atoms with Crippen molar-refractivity contribution in [1.82, 2.24) is 0 Å². The predicted molar refractivity (Wildman–Crippen MR) is 98.9 cm³/mol. The standard InChI is InChI=1S/C15H36O4Si3/c1-9-10-11-16-15(8)22(14(6)7)18-20(12(2)3)17-21(19-22)13(4)5/h12-15,20-21H,9-11H2,1-8H3. The van der Waals surface area contributed by atoms with Gasteiger partial charge in [-0.15, -0.1) is 0 Å². The molecule has 132 valence electrons. The van der Waals surface area contributed by atoms with Gasteiger partial charge in [0.1, 0.15) is 0 Å². The van der Waals surface area contributed by atoms with Crippen molar-refractivity contribution in [2.45, 2.75) is 90.6 Å². The summed E-state index contributed by atoms with van der Waals surface area (Å²) in [5.74, 6) is 0. The van der Waals surface area contributed by atoms with E-state index in [-0.39, 0.29) is 5.73 Å². The molecule has 0 aliphatic carbocycles. The molecule has 1 fully saturated rings. The van der Waals surface area contributed by atoms with Crippen molar-refractivity contribution in [3.05, 3.63) is 0 Å². The lowest BCUT2D eigenvalue weighted by atomic mass is 10.4. The van der Waals surface area contributed by atoms with Gasteiger partial charge in [-0.1, -0.05) is 54.9 Å². The maximum atomic E-state index is 6.61. The fourth-order valence-corrected chi connectivity index (χ4v) is 18.4. The Labute approximate surface area is 141 Å². The summed E-state index contributed by atoms with van der Waals surface area (Å²) in [6.45, 7) is 18.5. The van der Waals surface area contributed by atoms with Gasteiger partial charge in [0.25, 0.3) is 0 Å². The second-order valence-electron chi connectivity index (χ2n) is 7.34. The van der Waals surface area contributed by atoms with Crippen molar-refractivity contribution in [3.63, 3.8) is 0 Å². The molecule has 0 N–H and O–H groups in total. The number of unbranched alkanes of at least 4 members (excludes halogenated alkanes) is 1. The molecule has 0 spiro atoms. The van der Waals surface area contributed by atoms with Gasteiger partial charge in [0.2, 0.25) is 0 Å². The van der Waals surface area contributed by atoms with Crippen molar-refractivity contribution >= 4 is 27.1 Å². The second kappa shape index (κ2) is 9.10. The van der Waals surface area contributed by atoms with Gasteiger partial charge in [-0.3, -0.25) is 0 Å². The highest BCUT2D eigenvalue weighted by Crippen LogP contribution is 2.37. The summed E-state index contributed by atoms with van der Waals surface area (Å²) in [4.78, 5) is 0. The normalized spacial score (nSPS) is 31.2. The molecule has 1 aliphatic rings. The number of hydrogen-bond donors (Lipinski definition) is 0. The Morgan fingerprint density at radius 3 is 1.77 bits per heavy atom. The molecule has 3 atom stereocenters. The minimum absolute atomic E-state index is 0.0745. The average Bonchev–Trinajstić information content (AvgIpc) is 2.46. The molecule has 0 aromatic carbocycles. The number of hydrogen-bond acceptors (Lipinski definition) is 4. The zero-order valence-electron chi connectivity index (χ0n) is 15.7. The summed E-state index contributed by atoms with van der Waals surface area (Å²) in [7, 11) is -5.74. The van der Waals surface area contributed by atoms with Gasteiger partial charge in [-0.2, -0.15) is 0 Å². The maximum Gasteiger partial charge on any atom is 0.352 e. The molecular weight excluding hydrogens is 328 g/mol. The van der Waals surface area contributed by atoms with Gasteiger partial charge in [0.15, 0.2) is 0 Å². The number of rotatable bonds is 8. The van der Waals surface area contributed by atoms with Crippen LogP contribution < -0.4 is 0 Å². The van der Waals surface area contributed by atoms with E-state index in [1.807, 2.05) is 0 Å². The third-order valence-corrected chi connectivity index (χ3v) is 16.2. The predicted octanol–water partition coefficient (Wildman–Crippen LogP) is 3.91. The Bertz CT molecular complexity index is 310. The van der Waals surface area contributed by atoms with Crippen molar-refractivity contribution in [3.8, 4) is 0 Å². The Morgan fingerprint density at radius 2 is 1.41 bits per heavy atom. The van der Waals surface area contributed by atoms with Gasteiger partial charge in [-0.05, 0) is 30.0 Å². The molecule has 0 bridgehead atoms. The van der Waals surface area contributed by atoms with Crippen LogP contribution in [0, 0.1) is 0 Å². The van der Waals surface area contributed by atoms with Crippen molar-refractivity contribution in [2.75, 3.05) is 6.61 Å². The van der Waals surface area contributed by atoms with Crippen LogP contribution in [0.2, 0.25) is 16.6 Å². The fourth-order valence-electron chi connectivity index (χ4n) is 2.62. The van der Waals surface area contributed by atoms with Crippen LogP contribution in [0.25, 0.3) is 0 Å². The monoisotopic (exact) mass is 364 g/mol. The van der Waals surface area contributed by atoms with Crippen LogP contribution >= 0.6 is 0 Å². The van der Waals surface area contributed by atoms with Gasteiger partial charge in [0, 0.05) is 6.61 Å². The van der Waals surface area contributed by atoms with Crippen molar-refractivity contribution < 1.29 is 17.1 Å². The Kier molecular flexibility index (Phi) is 8.49. The van der Waals surface area contributed by atoms with Crippen molar-refractivity contribution in [1.29, 1.82) is 0 Å². The molecule has 0 aromatic heterocycles. The Balaban J connectivity index is 2.96. The Hall–Kier alpha value is 0.491. The zero-order valence-corrected chi connectivity index (χ0v) is 19.0. The van der Waals surface area contributed by atoms with E-state index in [1.54, 1.807) is 0 Å². The van der Waals surface area contributed by atoms with E-state index in [1.165, 1.54) is 0 Å². The third kappa shape index (κ3) is 4.99. The highest BCUT2D eigenvalue weighted by Gasteiger charge is 2.55. The molecule has 1 heterocycles. The van der Waals surface area contributed by atoms with Crippen LogP contribution in [0.5, 0.6) is 0 Å². The van der Waals surface area contributed by atoms with Crippen LogP contribution in [0.15, 0.2) is 0 Å². The molecule has 1 rings (SSSR count). The molecule has 1 saturated heterocycles. The molecule has 0 aromatic rings. The van der Waals surface area contributed by atoms with Crippen LogP contribution in [-0.4, -0.2) is 39.5 Å². The number of ether oxygens (including phenoxy) is 1. The first-order valence-electron chi connectivity index (χ1n) is 8.87. The summed E-state index contributed by atoms with van der Waals surface area (Å²) in [6, 6.07) is 0. The van der Waals surface area contributed by atoms with Crippen LogP contribution in [0.3, 0.4) is 0 Å². The third-order valence-electron chi connectivity index (χ3n) is 4.19. The summed E-state index contributed by atoms with van der Waals surface area (Å²) in [6.07, 6.45) is 2.25. The molecule has 0 amide bonds. The molecule has 22 heavy (non-hydrogen) atoms. The molecule has 0 saturated carbocycles. The molecular formula is C15H36O4Si3. The summed E-state index contributed by atoms with van der Waals surface area (Å²) in [5, 5.41) is 0. The minimum Gasteiger partial charge on any atom is -0.420 e. The molecule has 3 unspecified atom stereocenters. The minimum atomic E-state index is -2.39. The SMILES string of the molecule is CCCCOC(C)[Si]1(C(C)C)O[SiH](C(C)C)O[SiH](C(C)C)O1. The quantitative estimate of drug-likeness (QED) is 0.483. The highest BCUT2D eigenvalue weighted by molar-refractivity contribution is 6.85. The van der Waals surface area contributed by atoms with Crippen LogP contribution in [0.1, 0.15) is 68.2 Å². The van der Waals surface area contributed by atoms with E-state index in [4.69, 9.17) is 17.1 Å². The largest absolute Gasteiger partial charge is 0.420 e. The lowest BCUT2D eigenvalue weighted by molar-refractivity contribution is 0.0710. The van der Waals surface area contributed by atoms with Crippen molar-refractivity contribution in [2.24, 2.45) is 0 Å². The second-order valence-corrected chi connectivity index (χ2v) is 17.9. The van der Waals surface area contributed by atoms with Crippen LogP contribution in [0.4, 0.5) is 0 Å². The summed E-state index contributed by atoms with van der Waals surface area (Å²) >= 11 is 0. The lowest BCUT2D eigenvalue weighted by Gasteiger charge is -2.49. The summed E-state index contributed by atoms with van der Waals surface area (Å²) < 4.78 is 25.7. The van der Waals surface area contributed by atoms with E-state index in [0.717, 1.165) is 19.4 Å². The van der Waals surface area contributed by atoms with Gasteiger partial charge in [-0.25, -0.2) is 0 Å². The van der Waals surface area contributed by atoms with Gasteiger partial charge >= 0.3 is 27.1 Å². The van der Waals surface area contributed by atoms with Gasteiger partial charge in [0.05, 0.1) is 5.73 Å². The average molecular weight is 365 g/mol. The molecule has 7 heteroatoms. The van der Waals surface area contributed by atoms with E-state index in [9.17, 15) is 0 Å². The smallest absolute Gasteiger partial charge is 0.352 e. The summed E-state index contributed by atoms with van der Waals surface area (Å²) in [5.41, 5.74) is 1.42. The van der Waals surface area contributed by atoms with Crippen LogP contribution in [-0.2, 0) is 17.1 Å². The fraction of sp³-hybridized carbons (Fsp3) is 1.00. The van der Waals surface area contributed by atoms with E-state index in [2.05, 4.69) is 55.4 Å². The van der Waals surface area contributed by atoms with Gasteiger partial charge < -0.3 is 17.1 Å². The lowest BCUT2D eigenvalue weighted by Crippen LogP contribution is -2.67. The Morgan fingerprint density at radius 1 is 0.909 bits per heavy atom. The topological polar surface area (TPSA) is 36.9 Å². The maximum absolute atomic E-state index is 6.61.